The van der Waals surface area contributed by atoms with Crippen LogP contribution < -0.4 is 5.56 Å². The fourth-order valence-corrected chi connectivity index (χ4v) is 3.13. The summed E-state index contributed by atoms with van der Waals surface area (Å²) >= 11 is 0. The standard InChI is InChI=1S/C10H17N3O3S/c1-12-10(14)6-9(11-12)8-4-3-5-13(7-8)17(2,15)16/h6,8,11H,3-5,7H2,1-2H3/t8-/m0/s1. The zero-order chi connectivity index (χ0) is 12.6. The number of hydrogen-bond donors (Lipinski definition) is 1. The average molecular weight is 259 g/mol. The van der Waals surface area contributed by atoms with Gasteiger partial charge in [-0.2, -0.15) is 0 Å². The van der Waals surface area contributed by atoms with Gasteiger partial charge in [0.1, 0.15) is 0 Å². The van der Waals surface area contributed by atoms with Gasteiger partial charge in [-0.3, -0.25) is 14.6 Å². The number of aromatic nitrogens is 2. The number of piperidine rings is 1. The number of nitrogens with one attached hydrogen (secondary N) is 1. The molecule has 0 saturated carbocycles. The fourth-order valence-electron chi connectivity index (χ4n) is 2.22. The van der Waals surface area contributed by atoms with Crippen molar-refractivity contribution in [3.05, 3.63) is 22.1 Å². The van der Waals surface area contributed by atoms with Gasteiger partial charge in [-0.05, 0) is 12.8 Å². The van der Waals surface area contributed by atoms with Crippen molar-refractivity contribution in [3.63, 3.8) is 0 Å². The molecule has 6 nitrogen and oxygen atoms in total. The lowest BCUT2D eigenvalue weighted by Gasteiger charge is -2.30. The van der Waals surface area contributed by atoms with Gasteiger partial charge in [0, 0.05) is 37.8 Å². The fraction of sp³-hybridized carbons (Fsp3) is 0.700. The van der Waals surface area contributed by atoms with E-state index in [1.807, 2.05) is 0 Å². The summed E-state index contributed by atoms with van der Waals surface area (Å²) in [5.41, 5.74) is 0.738. The summed E-state index contributed by atoms with van der Waals surface area (Å²) < 4.78 is 25.9. The molecule has 96 valence electrons. The highest BCUT2D eigenvalue weighted by Gasteiger charge is 2.27. The molecule has 7 heteroatoms. The summed E-state index contributed by atoms with van der Waals surface area (Å²) in [7, 11) is -1.48. The van der Waals surface area contributed by atoms with E-state index in [2.05, 4.69) is 5.10 Å². The van der Waals surface area contributed by atoms with Crippen molar-refractivity contribution in [2.24, 2.45) is 7.05 Å². The summed E-state index contributed by atoms with van der Waals surface area (Å²) in [6.07, 6.45) is 2.96. The SMILES string of the molecule is Cn1[nH]c([C@H]2CCCN(S(C)(=O)=O)C2)cc1=O. The Kier molecular flexibility index (Phi) is 3.13. The molecule has 2 heterocycles. The molecule has 2 rings (SSSR count). The van der Waals surface area contributed by atoms with Gasteiger partial charge in [0.15, 0.2) is 0 Å². The Hall–Kier alpha value is -1.08. The molecule has 1 saturated heterocycles. The van der Waals surface area contributed by atoms with Crippen LogP contribution in [0.15, 0.2) is 10.9 Å². The molecule has 0 bridgehead atoms. The first-order valence-electron chi connectivity index (χ1n) is 5.59. The summed E-state index contributed by atoms with van der Waals surface area (Å²) in [4.78, 5) is 11.4. The van der Waals surface area contributed by atoms with E-state index in [1.54, 1.807) is 13.1 Å². The second kappa shape index (κ2) is 4.30. The molecule has 0 radical (unpaired) electrons. The first-order valence-corrected chi connectivity index (χ1v) is 7.44. The van der Waals surface area contributed by atoms with Gasteiger partial charge < -0.3 is 0 Å². The number of sulfonamides is 1. The van der Waals surface area contributed by atoms with Gasteiger partial charge in [0.05, 0.1) is 6.26 Å². The topological polar surface area (TPSA) is 75.2 Å². The largest absolute Gasteiger partial charge is 0.300 e. The number of aromatic amines is 1. The van der Waals surface area contributed by atoms with Crippen LogP contribution in [-0.4, -0.2) is 41.8 Å². The summed E-state index contributed by atoms with van der Waals surface area (Å²) in [6.45, 7) is 1.03. The predicted octanol–water partition coefficient (Wildman–Crippen LogP) is -0.148. The maximum atomic E-state index is 11.5. The van der Waals surface area contributed by atoms with Crippen LogP contribution in [0.5, 0.6) is 0 Å². The summed E-state index contributed by atoms with van der Waals surface area (Å²) in [6, 6.07) is 1.55. The van der Waals surface area contributed by atoms with Gasteiger partial charge in [-0.1, -0.05) is 0 Å². The Balaban J connectivity index is 2.20. The molecular formula is C10H17N3O3S. The van der Waals surface area contributed by atoms with Crippen LogP contribution in [0, 0.1) is 0 Å². The van der Waals surface area contributed by atoms with Crippen LogP contribution in [0.25, 0.3) is 0 Å². The van der Waals surface area contributed by atoms with Crippen LogP contribution in [0.3, 0.4) is 0 Å². The normalized spacial score (nSPS) is 22.8. The number of aryl methyl sites for hydroxylation is 1. The van der Waals surface area contributed by atoms with Crippen LogP contribution in [0.1, 0.15) is 24.5 Å². The Bertz CT molecular complexity index is 558. The molecule has 0 spiro atoms. The highest BCUT2D eigenvalue weighted by molar-refractivity contribution is 7.88. The van der Waals surface area contributed by atoms with E-state index in [9.17, 15) is 13.2 Å². The van der Waals surface area contributed by atoms with E-state index >= 15 is 0 Å². The van der Waals surface area contributed by atoms with E-state index in [0.717, 1.165) is 18.5 Å². The van der Waals surface area contributed by atoms with Crippen LogP contribution >= 0.6 is 0 Å². The second-order valence-electron chi connectivity index (χ2n) is 4.57. The van der Waals surface area contributed by atoms with E-state index in [0.29, 0.717) is 13.1 Å². The molecule has 0 aliphatic carbocycles. The number of nitrogens with zero attached hydrogens (tertiary/aromatic N) is 2. The third kappa shape index (κ3) is 2.61. The zero-order valence-electron chi connectivity index (χ0n) is 10.0. The molecule has 1 fully saturated rings. The zero-order valence-corrected chi connectivity index (χ0v) is 10.8. The quantitative estimate of drug-likeness (QED) is 0.802. The van der Waals surface area contributed by atoms with E-state index < -0.39 is 10.0 Å². The van der Waals surface area contributed by atoms with Crippen LogP contribution in [0.4, 0.5) is 0 Å². The number of H-pyrrole nitrogens is 1. The molecule has 1 atom stereocenters. The van der Waals surface area contributed by atoms with Crippen LogP contribution in [0.2, 0.25) is 0 Å². The lowest BCUT2D eigenvalue weighted by Crippen LogP contribution is -2.38. The van der Waals surface area contributed by atoms with Crippen molar-refractivity contribution in [1.29, 1.82) is 0 Å². The van der Waals surface area contributed by atoms with Crippen molar-refractivity contribution in [3.8, 4) is 0 Å². The summed E-state index contributed by atoms with van der Waals surface area (Å²) in [5, 5.41) is 2.97. The maximum Gasteiger partial charge on any atom is 0.266 e. The molecule has 1 aromatic heterocycles. The lowest BCUT2D eigenvalue weighted by atomic mass is 9.96. The molecular weight excluding hydrogens is 242 g/mol. The minimum Gasteiger partial charge on any atom is -0.300 e. The van der Waals surface area contributed by atoms with Gasteiger partial charge >= 0.3 is 0 Å². The average Bonchev–Trinajstić information content (AvgIpc) is 2.58. The smallest absolute Gasteiger partial charge is 0.266 e. The van der Waals surface area contributed by atoms with E-state index in [4.69, 9.17) is 0 Å². The Labute approximate surface area is 100 Å². The molecule has 17 heavy (non-hydrogen) atoms. The summed E-state index contributed by atoms with van der Waals surface area (Å²) in [5.74, 6) is 0.0902. The first-order chi connectivity index (χ1) is 7.88. The minimum atomic E-state index is -3.14. The Morgan fingerprint density at radius 1 is 1.47 bits per heavy atom. The molecule has 1 N–H and O–H groups in total. The number of rotatable bonds is 2. The molecule has 1 aromatic rings. The van der Waals surface area contributed by atoms with Crippen molar-refractivity contribution >= 4 is 10.0 Å². The van der Waals surface area contributed by atoms with E-state index in [-0.39, 0.29) is 11.5 Å². The van der Waals surface area contributed by atoms with Gasteiger partial charge in [-0.25, -0.2) is 12.7 Å². The van der Waals surface area contributed by atoms with Gasteiger partial charge in [0.2, 0.25) is 10.0 Å². The monoisotopic (exact) mass is 259 g/mol. The van der Waals surface area contributed by atoms with Crippen molar-refractivity contribution in [2.75, 3.05) is 19.3 Å². The van der Waals surface area contributed by atoms with Crippen molar-refractivity contribution < 1.29 is 8.42 Å². The number of hydrogen-bond acceptors (Lipinski definition) is 3. The van der Waals surface area contributed by atoms with Crippen molar-refractivity contribution in [1.82, 2.24) is 14.1 Å². The van der Waals surface area contributed by atoms with Gasteiger partial charge in [0.25, 0.3) is 5.56 Å². The van der Waals surface area contributed by atoms with Crippen LogP contribution in [-0.2, 0) is 17.1 Å². The lowest BCUT2D eigenvalue weighted by molar-refractivity contribution is 0.313. The maximum absolute atomic E-state index is 11.5. The minimum absolute atomic E-state index is 0.0866. The second-order valence-corrected chi connectivity index (χ2v) is 6.55. The molecule has 0 aromatic carbocycles. The predicted molar refractivity (Wildman–Crippen MR) is 64.4 cm³/mol. The first kappa shape index (κ1) is 12.4. The highest BCUT2D eigenvalue weighted by atomic mass is 32.2. The Morgan fingerprint density at radius 3 is 2.71 bits per heavy atom. The molecule has 1 aliphatic heterocycles. The molecule has 1 aliphatic rings. The Morgan fingerprint density at radius 2 is 2.18 bits per heavy atom. The molecule has 0 unspecified atom stereocenters. The third-order valence-corrected chi connectivity index (χ3v) is 4.47. The van der Waals surface area contributed by atoms with E-state index in [1.165, 1.54) is 15.2 Å². The van der Waals surface area contributed by atoms with Gasteiger partial charge in [-0.15, -0.1) is 0 Å². The third-order valence-electron chi connectivity index (χ3n) is 3.20. The molecule has 0 amide bonds. The highest BCUT2D eigenvalue weighted by Crippen LogP contribution is 2.25. The van der Waals surface area contributed by atoms with Crippen molar-refractivity contribution in [2.45, 2.75) is 18.8 Å².